The van der Waals surface area contributed by atoms with Gasteiger partial charge in [-0.15, -0.1) is 0 Å². The fourth-order valence-corrected chi connectivity index (χ4v) is 2.36. The van der Waals surface area contributed by atoms with Crippen molar-refractivity contribution in [1.29, 1.82) is 0 Å². The summed E-state index contributed by atoms with van der Waals surface area (Å²) in [5.74, 6) is -2.33. The Balaban J connectivity index is -0.000000474. The van der Waals surface area contributed by atoms with Crippen molar-refractivity contribution in [2.24, 2.45) is 0 Å². The fraction of sp³-hybridized carbons (Fsp3) is 0. The van der Waals surface area contributed by atoms with Crippen LogP contribution in [0.25, 0.3) is 11.4 Å². The third-order valence-corrected chi connectivity index (χ3v) is 3.81. The zero-order chi connectivity index (χ0) is 19.9. The van der Waals surface area contributed by atoms with E-state index in [0.717, 1.165) is 11.4 Å². The van der Waals surface area contributed by atoms with Gasteiger partial charge in [0.1, 0.15) is 0 Å². The average Bonchev–Trinajstić information content (AvgIpc) is 3.43. The Hall–Kier alpha value is -3.84. The second kappa shape index (κ2) is 15.9. The van der Waals surface area contributed by atoms with E-state index in [9.17, 15) is 19.8 Å². The van der Waals surface area contributed by atoms with E-state index in [1.54, 1.807) is 70.8 Å². The Morgan fingerprint density at radius 1 is 0.606 bits per heavy atom. The van der Waals surface area contributed by atoms with Crippen LogP contribution in [0.15, 0.2) is 86.0 Å². The van der Waals surface area contributed by atoms with Crippen molar-refractivity contribution in [3.63, 3.8) is 0 Å². The minimum absolute atomic E-state index is 0. The summed E-state index contributed by atoms with van der Waals surface area (Å²) in [5.41, 5.74) is 2.09. The first kappa shape index (κ1) is 33.8. The van der Waals surface area contributed by atoms with Crippen LogP contribution in [0.5, 0.6) is 0 Å². The summed E-state index contributed by atoms with van der Waals surface area (Å²) in [5, 5.41) is 20.9. The zero-order valence-electron chi connectivity index (χ0n) is 17.2. The van der Waals surface area contributed by atoms with Crippen molar-refractivity contribution in [3.8, 4) is 11.4 Å². The first-order valence-electron chi connectivity index (χ1n) is 8.14. The number of imidazole rings is 2. The normalized spacial score (nSPS) is 8.48. The van der Waals surface area contributed by atoms with Crippen LogP contribution in [0.4, 0.5) is 0 Å². The second-order valence-corrected chi connectivity index (χ2v) is 5.61. The molecule has 1 radical (unpaired) electrons. The number of aromatic nitrogens is 4. The number of aromatic carboxylic acids is 2. The molecule has 0 saturated carbocycles. The summed E-state index contributed by atoms with van der Waals surface area (Å²) >= 11 is 0. The Bertz CT molecular complexity index is 967. The summed E-state index contributed by atoms with van der Waals surface area (Å²) < 4.78 is 3.58. The molecule has 0 bridgehead atoms. The largest absolute Gasteiger partial charge is 2.00 e. The summed E-state index contributed by atoms with van der Waals surface area (Å²) in [6.45, 7) is 0. The monoisotopic (exact) mass is 505 g/mol. The van der Waals surface area contributed by atoms with Gasteiger partial charge in [0, 0.05) is 36.2 Å². The van der Waals surface area contributed by atoms with Gasteiger partial charge in [-0.1, -0.05) is 24.3 Å². The number of nitrogens with zero attached hydrogens (tertiary/aromatic N) is 4. The van der Waals surface area contributed by atoms with Crippen LogP contribution in [-0.2, 0) is 39.0 Å². The SMILES string of the molecule is O=C([O-])c1ccc(-n2ccnc2)cc1.O=C([O-])c1ccc(-n2ccnc2)cc1.[Mn+2].[OH3+].[OH3+].[OH3+].[OH3+]. The van der Waals surface area contributed by atoms with Crippen molar-refractivity contribution in [3.05, 3.63) is 97.1 Å². The maximum Gasteiger partial charge on any atom is 2.00 e. The van der Waals surface area contributed by atoms with E-state index >= 15 is 0 Å². The predicted octanol–water partition coefficient (Wildman–Crippen LogP) is -3.22. The molecule has 2 aromatic carbocycles. The molecule has 0 aliphatic rings. The first-order valence-corrected chi connectivity index (χ1v) is 8.14. The van der Waals surface area contributed by atoms with Crippen LogP contribution < -0.4 is 10.2 Å². The predicted molar refractivity (Wildman–Crippen MR) is 115 cm³/mol. The Morgan fingerprint density at radius 3 is 1.12 bits per heavy atom. The van der Waals surface area contributed by atoms with Crippen molar-refractivity contribution in [2.75, 3.05) is 0 Å². The van der Waals surface area contributed by atoms with Gasteiger partial charge in [0.25, 0.3) is 0 Å². The van der Waals surface area contributed by atoms with Gasteiger partial charge in [0.15, 0.2) is 0 Å². The molecule has 12 N–H and O–H groups in total. The van der Waals surface area contributed by atoms with Crippen LogP contribution in [0.2, 0.25) is 0 Å². The molecule has 4 aromatic rings. The van der Waals surface area contributed by atoms with E-state index in [2.05, 4.69) is 9.97 Å². The molecule has 0 unspecified atom stereocenters. The van der Waals surface area contributed by atoms with E-state index in [1.165, 1.54) is 24.3 Å². The van der Waals surface area contributed by atoms with Gasteiger partial charge in [-0.3, -0.25) is 0 Å². The first-order chi connectivity index (χ1) is 13.5. The van der Waals surface area contributed by atoms with Crippen LogP contribution in [0.1, 0.15) is 20.7 Å². The van der Waals surface area contributed by atoms with E-state index in [0.29, 0.717) is 0 Å². The summed E-state index contributed by atoms with van der Waals surface area (Å²) in [4.78, 5) is 28.7. The second-order valence-electron chi connectivity index (χ2n) is 5.61. The molecular formula is C20H26MnN4O8+4. The maximum atomic E-state index is 10.5. The Labute approximate surface area is 198 Å². The zero-order valence-corrected chi connectivity index (χ0v) is 18.4. The molecule has 4 rings (SSSR count). The third-order valence-electron chi connectivity index (χ3n) is 3.81. The molecule has 2 aromatic heterocycles. The number of hydrogen-bond acceptors (Lipinski definition) is 6. The minimum Gasteiger partial charge on any atom is -0.545 e. The van der Waals surface area contributed by atoms with Gasteiger partial charge in [0.05, 0.1) is 24.6 Å². The quantitative estimate of drug-likeness (QED) is 0.204. The van der Waals surface area contributed by atoms with Crippen LogP contribution >= 0.6 is 0 Å². The van der Waals surface area contributed by atoms with E-state index < -0.39 is 11.9 Å². The smallest absolute Gasteiger partial charge is 0.545 e. The standard InChI is InChI=1S/2C10H8N2O2.Mn.4H2O/c2*13-10(14)8-1-3-9(4-2-8)12-6-5-11-7-12;;;;;/h2*1-7H,(H,13,14);;4*1H2/q;;+2;;;;/p+2. The van der Waals surface area contributed by atoms with E-state index in [4.69, 9.17) is 0 Å². The average molecular weight is 505 g/mol. The molecule has 0 amide bonds. The molecule has 0 atom stereocenters. The molecule has 0 fully saturated rings. The Morgan fingerprint density at radius 2 is 0.909 bits per heavy atom. The van der Waals surface area contributed by atoms with Gasteiger partial charge in [-0.2, -0.15) is 0 Å². The molecule has 0 aliphatic carbocycles. The molecule has 0 saturated heterocycles. The van der Waals surface area contributed by atoms with Gasteiger partial charge in [-0.25, -0.2) is 9.97 Å². The molecule has 33 heavy (non-hydrogen) atoms. The number of carboxylic acid groups (broad SMARTS) is 2. The van der Waals surface area contributed by atoms with E-state index in [1.807, 2.05) is 0 Å². The molecule has 13 heteroatoms. The fourth-order valence-electron chi connectivity index (χ4n) is 2.36. The number of carbonyl (C=O) groups excluding carboxylic acids is 2. The number of carboxylic acids is 2. The van der Waals surface area contributed by atoms with Crippen LogP contribution in [0.3, 0.4) is 0 Å². The molecule has 0 spiro atoms. The van der Waals surface area contributed by atoms with Crippen molar-refractivity contribution in [2.45, 2.75) is 0 Å². The maximum absolute atomic E-state index is 10.5. The molecule has 177 valence electrons. The van der Waals surface area contributed by atoms with E-state index in [-0.39, 0.29) is 50.1 Å². The van der Waals surface area contributed by atoms with Crippen molar-refractivity contribution in [1.82, 2.24) is 19.1 Å². The molecule has 0 aliphatic heterocycles. The van der Waals surface area contributed by atoms with Crippen molar-refractivity contribution >= 4 is 11.9 Å². The van der Waals surface area contributed by atoms with Gasteiger partial charge in [-0.05, 0) is 35.4 Å². The van der Waals surface area contributed by atoms with Crippen LogP contribution in [0, 0.1) is 0 Å². The molecular weight excluding hydrogens is 479 g/mol. The molecule has 12 nitrogen and oxygen atoms in total. The summed E-state index contributed by atoms with van der Waals surface area (Å²) in [6.07, 6.45) is 10.2. The summed E-state index contributed by atoms with van der Waals surface area (Å²) in [7, 11) is 0. The van der Waals surface area contributed by atoms with Gasteiger partial charge >= 0.3 is 17.1 Å². The number of carbonyl (C=O) groups is 2. The number of benzene rings is 2. The number of hydrogen-bond donors (Lipinski definition) is 0. The summed E-state index contributed by atoms with van der Waals surface area (Å²) in [6, 6.07) is 12.8. The number of rotatable bonds is 4. The van der Waals surface area contributed by atoms with Gasteiger partial charge < -0.3 is 50.8 Å². The van der Waals surface area contributed by atoms with Gasteiger partial charge in [0.2, 0.25) is 0 Å². The van der Waals surface area contributed by atoms with Crippen LogP contribution in [-0.4, -0.2) is 31.0 Å². The topological polar surface area (TPSA) is 248 Å². The van der Waals surface area contributed by atoms with Crippen molar-refractivity contribution < 1.29 is 58.8 Å². The minimum atomic E-state index is -1.16. The third kappa shape index (κ3) is 9.04. The Kier molecular flexibility index (Phi) is 16.3. The molecule has 2 heterocycles.